The highest BCUT2D eigenvalue weighted by Crippen LogP contribution is 2.28. The lowest BCUT2D eigenvalue weighted by atomic mass is 10.2. The number of halogens is 1. The van der Waals surface area contributed by atoms with Gasteiger partial charge in [0.05, 0.1) is 29.9 Å². The van der Waals surface area contributed by atoms with Gasteiger partial charge >= 0.3 is 11.9 Å². The summed E-state index contributed by atoms with van der Waals surface area (Å²) >= 11 is 5.76. The minimum Gasteiger partial charge on any atom is -0.465 e. The van der Waals surface area contributed by atoms with Gasteiger partial charge in [-0.2, -0.15) is 0 Å². The largest absolute Gasteiger partial charge is 0.465 e. The van der Waals surface area contributed by atoms with Crippen molar-refractivity contribution in [1.29, 1.82) is 0 Å². The Morgan fingerprint density at radius 2 is 1.83 bits per heavy atom. The molecule has 23 heavy (non-hydrogen) atoms. The first kappa shape index (κ1) is 18.9. The molecule has 1 rings (SSSR count). The molecule has 0 aliphatic rings. The molecule has 1 aromatic rings. The van der Waals surface area contributed by atoms with Crippen LogP contribution in [-0.2, 0) is 25.7 Å². The second-order valence-electron chi connectivity index (χ2n) is 5.24. The summed E-state index contributed by atoms with van der Waals surface area (Å²) in [5.41, 5.74) is -0.100. The molecule has 7 nitrogen and oxygen atoms in total. The predicted octanol–water partition coefficient (Wildman–Crippen LogP) is 3.27. The van der Waals surface area contributed by atoms with Crippen LogP contribution < -0.4 is 0 Å². The van der Waals surface area contributed by atoms with Crippen LogP contribution in [0, 0.1) is 16.0 Å². The van der Waals surface area contributed by atoms with Crippen LogP contribution in [0.15, 0.2) is 18.2 Å². The Kier molecular flexibility index (Phi) is 7.47. The number of carbonyl (C=O) groups is 2. The number of nitro groups is 1. The number of benzene rings is 1. The monoisotopic (exact) mass is 343 g/mol. The molecule has 126 valence electrons. The lowest BCUT2D eigenvalue weighted by Gasteiger charge is -2.08. The highest BCUT2D eigenvalue weighted by Gasteiger charge is 2.19. The quantitative estimate of drug-likeness (QED) is 0.408. The molecule has 0 spiro atoms. The first-order chi connectivity index (χ1) is 10.8. The molecule has 0 aliphatic carbocycles. The lowest BCUT2D eigenvalue weighted by molar-refractivity contribution is -0.385. The molecule has 0 heterocycles. The summed E-state index contributed by atoms with van der Waals surface area (Å²) < 4.78 is 9.87. The topological polar surface area (TPSA) is 95.7 Å². The third-order valence-corrected chi connectivity index (χ3v) is 3.06. The highest BCUT2D eigenvalue weighted by molar-refractivity contribution is 6.32. The maximum atomic E-state index is 11.6. The molecule has 1 aromatic carbocycles. The average molecular weight is 344 g/mol. The Morgan fingerprint density at radius 3 is 2.39 bits per heavy atom. The summed E-state index contributed by atoms with van der Waals surface area (Å²) in [6, 6.07) is 4.37. The smallest absolute Gasteiger partial charge is 0.306 e. The lowest BCUT2D eigenvalue weighted by Crippen LogP contribution is -2.13. The molecule has 0 unspecified atom stereocenters. The van der Waals surface area contributed by atoms with Gasteiger partial charge in [-0.25, -0.2) is 0 Å². The number of rotatable bonds is 8. The van der Waals surface area contributed by atoms with Crippen molar-refractivity contribution in [3.63, 3.8) is 0 Å². The Bertz CT molecular complexity index is 587. The maximum Gasteiger partial charge on any atom is 0.306 e. The van der Waals surface area contributed by atoms with Crippen molar-refractivity contribution in [3.05, 3.63) is 38.9 Å². The summed E-state index contributed by atoms with van der Waals surface area (Å²) in [5, 5.41) is 10.9. The SMILES string of the molecule is CC(C)COC(=O)CCC(=O)OCc1cccc(Cl)c1[N+](=O)[O-]. The van der Waals surface area contributed by atoms with E-state index < -0.39 is 16.9 Å². The van der Waals surface area contributed by atoms with Crippen LogP contribution in [0.2, 0.25) is 5.02 Å². The fraction of sp³-hybridized carbons (Fsp3) is 0.467. The van der Waals surface area contributed by atoms with Crippen molar-refractivity contribution in [3.8, 4) is 0 Å². The summed E-state index contributed by atoms with van der Waals surface area (Å²) in [5.74, 6) is -0.903. The zero-order valence-electron chi connectivity index (χ0n) is 12.9. The maximum absolute atomic E-state index is 11.6. The van der Waals surface area contributed by atoms with E-state index in [1.807, 2.05) is 13.8 Å². The molecule has 0 saturated heterocycles. The van der Waals surface area contributed by atoms with E-state index in [0.717, 1.165) is 0 Å². The highest BCUT2D eigenvalue weighted by atomic mass is 35.5. The summed E-state index contributed by atoms with van der Waals surface area (Å²) in [7, 11) is 0. The van der Waals surface area contributed by atoms with E-state index in [4.69, 9.17) is 21.1 Å². The standard InChI is InChI=1S/C15H18ClNO6/c1-10(2)8-22-13(18)6-7-14(19)23-9-11-4-3-5-12(16)15(11)17(20)21/h3-5,10H,6-9H2,1-2H3. The number of esters is 2. The molecule has 8 heteroatoms. The number of nitrogens with zero attached hydrogens (tertiary/aromatic N) is 1. The molecule has 0 N–H and O–H groups in total. The molecular weight excluding hydrogens is 326 g/mol. The first-order valence-electron chi connectivity index (χ1n) is 7.04. The molecule has 0 bridgehead atoms. The van der Waals surface area contributed by atoms with E-state index in [1.54, 1.807) is 0 Å². The van der Waals surface area contributed by atoms with E-state index in [2.05, 4.69) is 0 Å². The van der Waals surface area contributed by atoms with E-state index in [1.165, 1.54) is 18.2 Å². The zero-order valence-corrected chi connectivity index (χ0v) is 13.7. The number of carbonyl (C=O) groups excluding carboxylic acids is 2. The molecule has 0 amide bonds. The Balaban J connectivity index is 2.47. The summed E-state index contributed by atoms with van der Waals surface area (Å²) in [4.78, 5) is 33.3. The fourth-order valence-electron chi connectivity index (χ4n) is 1.65. The molecule has 0 radical (unpaired) electrons. The van der Waals surface area contributed by atoms with Gasteiger partial charge in [0.1, 0.15) is 11.6 Å². The van der Waals surface area contributed by atoms with Crippen LogP contribution in [0.4, 0.5) is 5.69 Å². The van der Waals surface area contributed by atoms with Gasteiger partial charge in [0.25, 0.3) is 5.69 Å². The predicted molar refractivity (Wildman–Crippen MR) is 82.9 cm³/mol. The van der Waals surface area contributed by atoms with Crippen LogP contribution >= 0.6 is 11.6 Å². The molecule has 0 aromatic heterocycles. The first-order valence-corrected chi connectivity index (χ1v) is 7.42. The third-order valence-electron chi connectivity index (χ3n) is 2.75. The van der Waals surface area contributed by atoms with Gasteiger partial charge < -0.3 is 9.47 Å². The van der Waals surface area contributed by atoms with Gasteiger partial charge in [0, 0.05) is 0 Å². The number of nitro benzene ring substituents is 1. The van der Waals surface area contributed by atoms with Gasteiger partial charge in [-0.1, -0.05) is 31.5 Å². The van der Waals surface area contributed by atoms with Crippen LogP contribution in [0.25, 0.3) is 0 Å². The van der Waals surface area contributed by atoms with Crippen molar-refractivity contribution in [2.75, 3.05) is 6.61 Å². The summed E-state index contributed by atoms with van der Waals surface area (Å²) in [6.07, 6.45) is -0.242. The van der Waals surface area contributed by atoms with Crippen LogP contribution in [0.5, 0.6) is 0 Å². The minimum absolute atomic E-state index is 0.0270. The van der Waals surface area contributed by atoms with Gasteiger partial charge in [-0.05, 0) is 18.1 Å². The second kappa shape index (κ2) is 9.09. The van der Waals surface area contributed by atoms with Gasteiger partial charge in [-0.15, -0.1) is 0 Å². The fourth-order valence-corrected chi connectivity index (χ4v) is 1.91. The van der Waals surface area contributed by atoms with Gasteiger partial charge in [0.2, 0.25) is 0 Å². The molecular formula is C15H18ClNO6. The van der Waals surface area contributed by atoms with Crippen LogP contribution in [0.1, 0.15) is 32.3 Å². The second-order valence-corrected chi connectivity index (χ2v) is 5.65. The number of para-hydroxylation sites is 1. The van der Waals surface area contributed by atoms with Crippen molar-refractivity contribution in [1.82, 2.24) is 0 Å². The number of ether oxygens (including phenoxy) is 2. The summed E-state index contributed by atoms with van der Waals surface area (Å²) in [6.45, 7) is 3.82. The van der Waals surface area contributed by atoms with Crippen LogP contribution in [-0.4, -0.2) is 23.5 Å². The van der Waals surface area contributed by atoms with Crippen molar-refractivity contribution in [2.45, 2.75) is 33.3 Å². The van der Waals surface area contributed by atoms with Crippen molar-refractivity contribution >= 4 is 29.2 Å². The molecule has 0 fully saturated rings. The molecule has 0 saturated carbocycles. The average Bonchev–Trinajstić information content (AvgIpc) is 2.48. The van der Waals surface area contributed by atoms with Gasteiger partial charge in [0.15, 0.2) is 0 Å². The van der Waals surface area contributed by atoms with E-state index in [9.17, 15) is 19.7 Å². The van der Waals surface area contributed by atoms with Crippen LogP contribution in [0.3, 0.4) is 0 Å². The minimum atomic E-state index is -0.638. The normalized spacial score (nSPS) is 10.4. The van der Waals surface area contributed by atoms with E-state index >= 15 is 0 Å². The number of hydrogen-bond acceptors (Lipinski definition) is 6. The number of hydrogen-bond donors (Lipinski definition) is 0. The van der Waals surface area contributed by atoms with E-state index in [0.29, 0.717) is 6.61 Å². The zero-order chi connectivity index (χ0) is 17.4. The molecule has 0 aliphatic heterocycles. The Labute approximate surface area is 138 Å². The Morgan fingerprint density at radius 1 is 1.22 bits per heavy atom. The van der Waals surface area contributed by atoms with Crippen molar-refractivity contribution < 1.29 is 24.0 Å². The van der Waals surface area contributed by atoms with Crippen molar-refractivity contribution in [2.24, 2.45) is 5.92 Å². The molecule has 0 atom stereocenters. The van der Waals surface area contributed by atoms with E-state index in [-0.39, 0.29) is 41.6 Å². The van der Waals surface area contributed by atoms with Gasteiger partial charge in [-0.3, -0.25) is 19.7 Å². The third kappa shape index (κ3) is 6.65. The Hall–Kier alpha value is -2.15.